The Bertz CT molecular complexity index is 1050. The van der Waals surface area contributed by atoms with Crippen molar-refractivity contribution in [2.75, 3.05) is 6.61 Å². The highest BCUT2D eigenvalue weighted by Crippen LogP contribution is 2.62. The lowest BCUT2D eigenvalue weighted by atomic mass is 9.53. The molecule has 4 rings (SSSR count). The Labute approximate surface area is 220 Å². The number of esters is 4. The summed E-state index contributed by atoms with van der Waals surface area (Å²) in [7, 11) is 0. The lowest BCUT2D eigenvalue weighted by Gasteiger charge is -2.56. The highest BCUT2D eigenvalue weighted by atomic mass is 35.5. The minimum absolute atomic E-state index is 0.259. The average molecular weight is 541 g/mol. The summed E-state index contributed by atoms with van der Waals surface area (Å²) in [6.45, 7) is 11.1. The van der Waals surface area contributed by atoms with E-state index in [9.17, 15) is 24.3 Å². The van der Waals surface area contributed by atoms with Crippen molar-refractivity contribution < 1.29 is 48.0 Å². The highest BCUT2D eigenvalue weighted by molar-refractivity contribution is 6.23. The molecule has 0 radical (unpaired) electrons. The van der Waals surface area contributed by atoms with E-state index < -0.39 is 82.1 Å². The van der Waals surface area contributed by atoms with Crippen molar-refractivity contribution in [2.45, 2.75) is 88.5 Å². The maximum atomic E-state index is 12.9. The van der Waals surface area contributed by atoms with Gasteiger partial charge in [0.05, 0.1) is 28.9 Å². The van der Waals surface area contributed by atoms with Crippen LogP contribution in [0.15, 0.2) is 24.3 Å². The fraction of sp³-hybridized carbons (Fsp3) is 0.692. The van der Waals surface area contributed by atoms with Gasteiger partial charge in [0, 0.05) is 26.7 Å². The number of hydrogen-bond donors (Lipinski definition) is 1. The van der Waals surface area contributed by atoms with Crippen molar-refractivity contribution in [3.8, 4) is 0 Å². The molecule has 4 aliphatic rings. The molecule has 10 atom stereocenters. The van der Waals surface area contributed by atoms with Gasteiger partial charge in [-0.15, -0.1) is 11.6 Å². The van der Waals surface area contributed by atoms with Crippen LogP contribution in [0, 0.1) is 17.3 Å². The number of allylic oxidation sites excluding steroid dienone is 1. The summed E-state index contributed by atoms with van der Waals surface area (Å²) in [6.07, 6.45) is -0.716. The molecule has 0 bridgehead atoms. The minimum Gasteiger partial charge on any atom is -0.462 e. The third-order valence-corrected chi connectivity index (χ3v) is 8.90. The number of fused-ring (bicyclic) bond motifs is 3. The molecule has 0 amide bonds. The maximum Gasteiger partial charge on any atom is 0.312 e. The fourth-order valence-corrected chi connectivity index (χ4v) is 6.82. The average Bonchev–Trinajstić information content (AvgIpc) is 3.53. The fourth-order valence-electron chi connectivity index (χ4n) is 6.49. The van der Waals surface area contributed by atoms with Gasteiger partial charge in [0.1, 0.15) is 18.3 Å². The van der Waals surface area contributed by atoms with Crippen LogP contribution in [0.4, 0.5) is 0 Å². The van der Waals surface area contributed by atoms with Gasteiger partial charge in [-0.05, 0) is 31.4 Å². The Morgan fingerprint density at radius 2 is 1.73 bits per heavy atom. The van der Waals surface area contributed by atoms with Crippen LogP contribution in [-0.2, 0) is 42.9 Å². The molecule has 0 aromatic carbocycles. The van der Waals surface area contributed by atoms with Gasteiger partial charge in [0.25, 0.3) is 0 Å². The topological polar surface area (TPSA) is 138 Å². The Kier molecular flexibility index (Phi) is 7.01. The van der Waals surface area contributed by atoms with Gasteiger partial charge in [0.2, 0.25) is 0 Å². The summed E-state index contributed by atoms with van der Waals surface area (Å²) < 4.78 is 29.0. The molecule has 1 spiro atoms. The number of carbonyl (C=O) groups is 4. The summed E-state index contributed by atoms with van der Waals surface area (Å²) >= 11 is 6.70. The van der Waals surface area contributed by atoms with Crippen molar-refractivity contribution >= 4 is 35.5 Å². The summed E-state index contributed by atoms with van der Waals surface area (Å²) in [5.41, 5.74) is -4.05. The molecule has 37 heavy (non-hydrogen) atoms. The van der Waals surface area contributed by atoms with E-state index in [1.54, 1.807) is 13.0 Å². The number of halogens is 1. The largest absolute Gasteiger partial charge is 0.462 e. The Hall–Kier alpha value is -2.43. The summed E-state index contributed by atoms with van der Waals surface area (Å²) in [6, 6.07) is 0. The van der Waals surface area contributed by atoms with Gasteiger partial charge in [0.15, 0.2) is 11.7 Å². The highest BCUT2D eigenvalue weighted by Gasteiger charge is 2.75. The smallest absolute Gasteiger partial charge is 0.312 e. The van der Waals surface area contributed by atoms with E-state index >= 15 is 0 Å². The maximum absolute atomic E-state index is 12.9. The van der Waals surface area contributed by atoms with Gasteiger partial charge < -0.3 is 28.8 Å². The van der Waals surface area contributed by atoms with E-state index in [2.05, 4.69) is 6.58 Å². The third-order valence-electron chi connectivity index (χ3n) is 8.39. The van der Waals surface area contributed by atoms with Gasteiger partial charge in [-0.1, -0.05) is 19.6 Å². The molecule has 0 aromatic heterocycles. The van der Waals surface area contributed by atoms with Crippen LogP contribution >= 0.6 is 11.6 Å². The van der Waals surface area contributed by atoms with Crippen molar-refractivity contribution in [3.05, 3.63) is 24.3 Å². The molecular formula is C26H33ClO10. The first-order chi connectivity index (χ1) is 17.2. The monoisotopic (exact) mass is 540 g/mol. The minimum atomic E-state index is -2.12. The molecular weight excluding hydrogens is 508 g/mol. The van der Waals surface area contributed by atoms with Crippen LogP contribution in [-0.4, -0.2) is 76.6 Å². The first-order valence-electron chi connectivity index (χ1n) is 12.3. The zero-order valence-electron chi connectivity index (χ0n) is 21.5. The molecule has 11 heteroatoms. The van der Waals surface area contributed by atoms with Crippen LogP contribution in [0.3, 0.4) is 0 Å². The Balaban J connectivity index is 2.04. The van der Waals surface area contributed by atoms with E-state index in [0.29, 0.717) is 12.8 Å². The number of aliphatic hydroxyl groups is 1. The number of ether oxygens (including phenoxy) is 5. The van der Waals surface area contributed by atoms with E-state index in [4.69, 9.17) is 35.3 Å². The number of alkyl halides is 1. The standard InChI is InChI=1S/C26H33ClO10/c1-12-7-8-17(34-14(3)28)24(6)18(35-15(4)29)9-10-25(11-33-25)20(24)22(36-16(5)30)26(32)13(2)23(31)37-21(26)19(12)27/h7-8,13,17-22,32H,1,9-11H2,2-6H3/b8-7+/t13-,17-,18-,19-,20+,21-,22?,24-,25+,26-/m0/s1. The molecule has 1 unspecified atom stereocenters. The van der Waals surface area contributed by atoms with E-state index in [-0.39, 0.29) is 12.2 Å². The summed E-state index contributed by atoms with van der Waals surface area (Å²) in [5, 5.41) is 11.3. The van der Waals surface area contributed by atoms with E-state index in [1.807, 2.05) is 0 Å². The van der Waals surface area contributed by atoms with Crippen molar-refractivity contribution in [3.63, 3.8) is 0 Å². The van der Waals surface area contributed by atoms with E-state index in [0.717, 1.165) is 0 Å². The Morgan fingerprint density at radius 1 is 1.14 bits per heavy atom. The normalized spacial score (nSPS) is 45.6. The number of carbonyl (C=O) groups excluding carboxylic acids is 4. The number of hydrogen-bond acceptors (Lipinski definition) is 10. The molecule has 1 N–H and O–H groups in total. The Morgan fingerprint density at radius 3 is 2.27 bits per heavy atom. The second-order valence-corrected chi connectivity index (χ2v) is 11.2. The van der Waals surface area contributed by atoms with Crippen LogP contribution in [0.5, 0.6) is 0 Å². The third kappa shape index (κ3) is 4.36. The van der Waals surface area contributed by atoms with Gasteiger partial charge >= 0.3 is 23.9 Å². The van der Waals surface area contributed by atoms with Crippen molar-refractivity contribution in [1.29, 1.82) is 0 Å². The molecule has 10 nitrogen and oxygen atoms in total. The van der Waals surface area contributed by atoms with Crippen LogP contribution < -0.4 is 0 Å². The zero-order chi connectivity index (χ0) is 27.5. The van der Waals surface area contributed by atoms with Gasteiger partial charge in [-0.3, -0.25) is 19.2 Å². The molecule has 2 saturated heterocycles. The number of epoxide rings is 1. The quantitative estimate of drug-likeness (QED) is 0.245. The van der Waals surface area contributed by atoms with Crippen LogP contribution in [0.1, 0.15) is 47.5 Å². The predicted molar refractivity (Wildman–Crippen MR) is 128 cm³/mol. The van der Waals surface area contributed by atoms with Gasteiger partial charge in [-0.25, -0.2) is 0 Å². The second-order valence-electron chi connectivity index (χ2n) is 10.7. The SMILES string of the molecule is C=C1/C=C/[C@H](OC(C)=O)[C@@]2(C)[C@@H](OC(C)=O)CC[C@@]3(CO3)[C@@H]2C(OC(C)=O)[C@]2(O)[C@@H](C)C(=O)O[C@H]2[C@H]1Cl. The van der Waals surface area contributed by atoms with Crippen molar-refractivity contribution in [2.24, 2.45) is 17.3 Å². The first-order valence-corrected chi connectivity index (χ1v) is 12.7. The lowest BCUT2D eigenvalue weighted by molar-refractivity contribution is -0.238. The second kappa shape index (κ2) is 9.39. The molecule has 2 aliphatic carbocycles. The number of rotatable bonds is 3. The van der Waals surface area contributed by atoms with E-state index in [1.165, 1.54) is 33.8 Å². The predicted octanol–water partition coefficient (Wildman–Crippen LogP) is 1.99. The summed E-state index contributed by atoms with van der Waals surface area (Å²) in [5.74, 6) is -4.66. The zero-order valence-corrected chi connectivity index (χ0v) is 22.3. The molecule has 2 aliphatic heterocycles. The molecule has 0 aromatic rings. The van der Waals surface area contributed by atoms with Crippen LogP contribution in [0.25, 0.3) is 0 Å². The summed E-state index contributed by atoms with van der Waals surface area (Å²) in [4.78, 5) is 49.9. The lowest BCUT2D eigenvalue weighted by Crippen LogP contribution is -2.70. The molecule has 3 fully saturated rings. The first kappa shape index (κ1) is 27.6. The van der Waals surface area contributed by atoms with Crippen molar-refractivity contribution in [1.82, 2.24) is 0 Å². The molecule has 2 heterocycles. The van der Waals surface area contributed by atoms with Gasteiger partial charge in [-0.2, -0.15) is 0 Å². The molecule has 1 saturated carbocycles. The van der Waals surface area contributed by atoms with Crippen LogP contribution in [0.2, 0.25) is 0 Å². The molecule has 204 valence electrons.